The van der Waals surface area contributed by atoms with Crippen LogP contribution in [-0.2, 0) is 4.74 Å². The summed E-state index contributed by atoms with van der Waals surface area (Å²) < 4.78 is 10.9. The lowest BCUT2D eigenvalue weighted by Gasteiger charge is -2.11. The molecule has 0 spiro atoms. The predicted molar refractivity (Wildman–Crippen MR) is 108 cm³/mol. The fourth-order valence-electron chi connectivity index (χ4n) is 2.67. The van der Waals surface area contributed by atoms with E-state index in [1.165, 1.54) is 6.07 Å². The standard InChI is InChI=1S/C24H22O4/c1-17(2)16-27-23(25)19-11-8-12-20(15-19)24(26)28-22-14-7-6-13-21(22)18-9-4-3-5-10-18/h3-15,17H,16H2,1-2H3. The molecule has 0 saturated heterocycles. The minimum Gasteiger partial charge on any atom is -0.462 e. The highest BCUT2D eigenvalue weighted by molar-refractivity contribution is 5.96. The first-order valence-corrected chi connectivity index (χ1v) is 9.18. The topological polar surface area (TPSA) is 52.6 Å². The average Bonchev–Trinajstić information content (AvgIpc) is 2.73. The molecule has 28 heavy (non-hydrogen) atoms. The smallest absolute Gasteiger partial charge is 0.343 e. The molecule has 0 bridgehead atoms. The monoisotopic (exact) mass is 374 g/mol. The summed E-state index contributed by atoms with van der Waals surface area (Å²) >= 11 is 0. The van der Waals surface area contributed by atoms with Crippen LogP contribution in [0.25, 0.3) is 11.1 Å². The van der Waals surface area contributed by atoms with Gasteiger partial charge in [-0.15, -0.1) is 0 Å². The highest BCUT2D eigenvalue weighted by atomic mass is 16.5. The number of ether oxygens (including phenoxy) is 2. The number of para-hydroxylation sites is 1. The van der Waals surface area contributed by atoms with Crippen LogP contribution in [0, 0.1) is 5.92 Å². The van der Waals surface area contributed by atoms with Gasteiger partial charge in [0.1, 0.15) is 5.75 Å². The molecule has 0 aromatic heterocycles. The number of hydrogen-bond acceptors (Lipinski definition) is 4. The molecule has 0 radical (unpaired) electrons. The van der Waals surface area contributed by atoms with E-state index in [9.17, 15) is 9.59 Å². The van der Waals surface area contributed by atoms with E-state index in [1.807, 2.05) is 62.4 Å². The Morgan fingerprint density at radius 2 is 1.43 bits per heavy atom. The summed E-state index contributed by atoms with van der Waals surface area (Å²) in [6.45, 7) is 4.26. The minimum atomic E-state index is -0.526. The lowest BCUT2D eigenvalue weighted by Crippen LogP contribution is -2.13. The summed E-state index contributed by atoms with van der Waals surface area (Å²) in [4.78, 5) is 24.8. The third kappa shape index (κ3) is 4.86. The van der Waals surface area contributed by atoms with Gasteiger partial charge in [0.2, 0.25) is 0 Å². The lowest BCUT2D eigenvalue weighted by atomic mass is 10.0. The van der Waals surface area contributed by atoms with Gasteiger partial charge in [-0.3, -0.25) is 0 Å². The Morgan fingerprint density at radius 3 is 2.14 bits per heavy atom. The van der Waals surface area contributed by atoms with Gasteiger partial charge in [0.15, 0.2) is 0 Å². The van der Waals surface area contributed by atoms with E-state index in [0.29, 0.717) is 23.5 Å². The molecule has 0 saturated carbocycles. The van der Waals surface area contributed by atoms with Gasteiger partial charge in [-0.2, -0.15) is 0 Å². The predicted octanol–water partition coefficient (Wildman–Crippen LogP) is 5.39. The van der Waals surface area contributed by atoms with Crippen LogP contribution < -0.4 is 4.74 Å². The Bertz CT molecular complexity index is 961. The first kappa shape index (κ1) is 19.4. The van der Waals surface area contributed by atoms with Crippen molar-refractivity contribution in [3.8, 4) is 16.9 Å². The summed E-state index contributed by atoms with van der Waals surface area (Å²) in [5.41, 5.74) is 2.40. The van der Waals surface area contributed by atoms with E-state index >= 15 is 0 Å². The van der Waals surface area contributed by atoms with Crippen molar-refractivity contribution in [2.24, 2.45) is 5.92 Å². The summed E-state index contributed by atoms with van der Waals surface area (Å²) in [5, 5.41) is 0. The molecule has 3 aromatic carbocycles. The molecule has 0 amide bonds. The van der Waals surface area contributed by atoms with Crippen LogP contribution in [0.4, 0.5) is 0 Å². The van der Waals surface area contributed by atoms with Crippen LogP contribution in [0.3, 0.4) is 0 Å². The molecule has 0 N–H and O–H groups in total. The van der Waals surface area contributed by atoms with Gasteiger partial charge in [-0.1, -0.05) is 68.4 Å². The highest BCUT2D eigenvalue weighted by Crippen LogP contribution is 2.30. The maximum atomic E-state index is 12.7. The van der Waals surface area contributed by atoms with Crippen LogP contribution in [-0.4, -0.2) is 18.5 Å². The molecule has 0 aliphatic rings. The molecule has 0 fully saturated rings. The van der Waals surface area contributed by atoms with Crippen molar-refractivity contribution in [3.63, 3.8) is 0 Å². The quantitative estimate of drug-likeness (QED) is 0.429. The molecule has 3 aromatic rings. The van der Waals surface area contributed by atoms with Crippen molar-refractivity contribution in [1.29, 1.82) is 0 Å². The van der Waals surface area contributed by atoms with Crippen LogP contribution in [0.15, 0.2) is 78.9 Å². The zero-order valence-electron chi connectivity index (χ0n) is 15.9. The maximum absolute atomic E-state index is 12.7. The summed E-state index contributed by atoms with van der Waals surface area (Å²) in [6.07, 6.45) is 0. The first-order chi connectivity index (χ1) is 13.5. The van der Waals surface area contributed by atoms with Crippen molar-refractivity contribution >= 4 is 11.9 Å². The fourth-order valence-corrected chi connectivity index (χ4v) is 2.67. The third-order valence-electron chi connectivity index (χ3n) is 4.06. The Morgan fingerprint density at radius 1 is 0.786 bits per heavy atom. The normalized spacial score (nSPS) is 10.5. The first-order valence-electron chi connectivity index (χ1n) is 9.18. The molecule has 0 unspecified atom stereocenters. The van der Waals surface area contributed by atoms with E-state index in [4.69, 9.17) is 9.47 Å². The van der Waals surface area contributed by atoms with Crippen molar-refractivity contribution in [1.82, 2.24) is 0 Å². The molecule has 142 valence electrons. The zero-order valence-corrected chi connectivity index (χ0v) is 15.9. The Hall–Kier alpha value is -3.40. The summed E-state index contributed by atoms with van der Waals surface area (Å²) in [5.74, 6) is -0.270. The molecule has 0 aliphatic carbocycles. The number of rotatable bonds is 6. The molecule has 0 heterocycles. The number of carbonyl (C=O) groups is 2. The fraction of sp³-hybridized carbons (Fsp3) is 0.167. The molecule has 3 rings (SSSR count). The van der Waals surface area contributed by atoms with Gasteiger partial charge >= 0.3 is 11.9 Å². The largest absolute Gasteiger partial charge is 0.462 e. The van der Waals surface area contributed by atoms with Gasteiger partial charge in [-0.05, 0) is 35.7 Å². The van der Waals surface area contributed by atoms with E-state index in [0.717, 1.165) is 11.1 Å². The Balaban J connectivity index is 1.79. The third-order valence-corrected chi connectivity index (χ3v) is 4.06. The van der Waals surface area contributed by atoms with Crippen LogP contribution in [0.5, 0.6) is 5.75 Å². The number of esters is 2. The average molecular weight is 374 g/mol. The second-order valence-corrected chi connectivity index (χ2v) is 6.82. The van der Waals surface area contributed by atoms with E-state index < -0.39 is 11.9 Å². The maximum Gasteiger partial charge on any atom is 0.343 e. The van der Waals surface area contributed by atoms with Crippen LogP contribution in [0.1, 0.15) is 34.6 Å². The molecular weight excluding hydrogens is 352 g/mol. The molecule has 0 atom stereocenters. The second-order valence-electron chi connectivity index (χ2n) is 6.82. The Kier molecular flexibility index (Phi) is 6.22. The van der Waals surface area contributed by atoms with E-state index in [2.05, 4.69) is 0 Å². The van der Waals surface area contributed by atoms with E-state index in [1.54, 1.807) is 24.3 Å². The molecule has 4 heteroatoms. The van der Waals surface area contributed by atoms with Gasteiger partial charge in [0.05, 0.1) is 17.7 Å². The van der Waals surface area contributed by atoms with Gasteiger partial charge in [-0.25, -0.2) is 9.59 Å². The van der Waals surface area contributed by atoms with Gasteiger partial charge in [0, 0.05) is 5.56 Å². The number of carbonyl (C=O) groups excluding carboxylic acids is 2. The summed E-state index contributed by atoms with van der Waals surface area (Å²) in [7, 11) is 0. The van der Waals surface area contributed by atoms with Crippen LogP contribution in [0.2, 0.25) is 0 Å². The molecular formula is C24H22O4. The molecule has 4 nitrogen and oxygen atoms in total. The van der Waals surface area contributed by atoms with Crippen LogP contribution >= 0.6 is 0 Å². The van der Waals surface area contributed by atoms with Crippen molar-refractivity contribution in [3.05, 3.63) is 90.0 Å². The van der Waals surface area contributed by atoms with Crippen molar-refractivity contribution in [2.75, 3.05) is 6.61 Å². The Labute approximate surface area is 164 Å². The second kappa shape index (κ2) is 9.00. The van der Waals surface area contributed by atoms with E-state index in [-0.39, 0.29) is 5.92 Å². The van der Waals surface area contributed by atoms with Gasteiger partial charge < -0.3 is 9.47 Å². The SMILES string of the molecule is CC(C)COC(=O)c1cccc(C(=O)Oc2ccccc2-c2ccccc2)c1. The summed E-state index contributed by atoms with van der Waals surface area (Å²) in [6, 6.07) is 23.4. The van der Waals surface area contributed by atoms with Gasteiger partial charge in [0.25, 0.3) is 0 Å². The highest BCUT2D eigenvalue weighted by Gasteiger charge is 2.15. The number of benzene rings is 3. The zero-order chi connectivity index (χ0) is 19.9. The number of hydrogen-bond donors (Lipinski definition) is 0. The van der Waals surface area contributed by atoms with Crippen molar-refractivity contribution < 1.29 is 19.1 Å². The minimum absolute atomic E-state index is 0.242. The van der Waals surface area contributed by atoms with Crippen molar-refractivity contribution in [2.45, 2.75) is 13.8 Å². The molecule has 0 aliphatic heterocycles. The lowest BCUT2D eigenvalue weighted by molar-refractivity contribution is 0.0459.